The van der Waals surface area contributed by atoms with E-state index in [0.29, 0.717) is 12.1 Å². The summed E-state index contributed by atoms with van der Waals surface area (Å²) in [6, 6.07) is 14.3. The molecule has 0 spiro atoms. The molecule has 6 nitrogen and oxygen atoms in total. The quantitative estimate of drug-likeness (QED) is 0.514. The van der Waals surface area contributed by atoms with Crippen LogP contribution in [0.2, 0.25) is 0 Å². The van der Waals surface area contributed by atoms with Gasteiger partial charge in [0.2, 0.25) is 5.91 Å². The van der Waals surface area contributed by atoms with Gasteiger partial charge in [0.05, 0.1) is 27.6 Å². The highest BCUT2D eigenvalue weighted by molar-refractivity contribution is 7.18. The second kappa shape index (κ2) is 6.84. The molecule has 7 heteroatoms. The Hall–Kier alpha value is -2.80. The van der Waals surface area contributed by atoms with Crippen molar-refractivity contribution in [1.29, 1.82) is 0 Å². The number of amides is 1. The number of nitro groups is 1. The number of fused-ring (bicyclic) bond motifs is 1. The van der Waals surface area contributed by atoms with E-state index in [1.807, 2.05) is 29.2 Å². The van der Waals surface area contributed by atoms with Gasteiger partial charge in [-0.1, -0.05) is 30.3 Å². The summed E-state index contributed by atoms with van der Waals surface area (Å²) in [5.41, 5.74) is 1.40. The number of likely N-dealkylation sites (tertiary alicyclic amines) is 1. The summed E-state index contributed by atoms with van der Waals surface area (Å²) >= 11 is 1.62. The van der Waals surface area contributed by atoms with Gasteiger partial charge in [-0.15, -0.1) is 11.3 Å². The van der Waals surface area contributed by atoms with Crippen molar-refractivity contribution in [2.24, 2.45) is 0 Å². The number of rotatable bonds is 4. The van der Waals surface area contributed by atoms with Gasteiger partial charge in [-0.05, 0) is 25.0 Å². The summed E-state index contributed by atoms with van der Waals surface area (Å²) < 4.78 is 1.11. The lowest BCUT2D eigenvalue weighted by atomic mass is 10.1. The van der Waals surface area contributed by atoms with Crippen LogP contribution in [-0.2, 0) is 11.2 Å². The molecule has 1 saturated heterocycles. The lowest BCUT2D eigenvalue weighted by molar-refractivity contribution is -0.385. The van der Waals surface area contributed by atoms with Gasteiger partial charge in [-0.3, -0.25) is 14.9 Å². The van der Waals surface area contributed by atoms with E-state index >= 15 is 0 Å². The molecule has 26 heavy (non-hydrogen) atoms. The van der Waals surface area contributed by atoms with E-state index in [-0.39, 0.29) is 24.1 Å². The van der Waals surface area contributed by atoms with Gasteiger partial charge < -0.3 is 4.90 Å². The smallest absolute Gasteiger partial charge is 0.273 e. The van der Waals surface area contributed by atoms with Crippen LogP contribution in [0, 0.1) is 10.1 Å². The Morgan fingerprint density at radius 3 is 2.81 bits per heavy atom. The molecule has 1 aliphatic rings. The fourth-order valence-electron chi connectivity index (χ4n) is 3.46. The van der Waals surface area contributed by atoms with Gasteiger partial charge in [-0.25, -0.2) is 4.98 Å². The molecular weight excluding hydrogens is 350 g/mol. The third kappa shape index (κ3) is 3.06. The highest BCUT2D eigenvalue weighted by atomic mass is 32.1. The average Bonchev–Trinajstić information content (AvgIpc) is 3.28. The Morgan fingerprint density at radius 1 is 1.23 bits per heavy atom. The minimum absolute atomic E-state index is 0.00316. The Kier molecular flexibility index (Phi) is 4.38. The van der Waals surface area contributed by atoms with Crippen LogP contribution in [0.3, 0.4) is 0 Å². The zero-order valence-electron chi connectivity index (χ0n) is 14.0. The van der Waals surface area contributed by atoms with E-state index in [2.05, 4.69) is 0 Å². The number of hydrogen-bond donors (Lipinski definition) is 0. The Balaban J connectivity index is 1.58. The fraction of sp³-hybridized carbons (Fsp3) is 0.263. The monoisotopic (exact) mass is 367 g/mol. The van der Waals surface area contributed by atoms with Crippen molar-refractivity contribution in [1.82, 2.24) is 9.88 Å². The highest BCUT2D eigenvalue weighted by Gasteiger charge is 2.32. The average molecular weight is 367 g/mol. The Morgan fingerprint density at radius 2 is 2.00 bits per heavy atom. The van der Waals surface area contributed by atoms with Gasteiger partial charge in [0, 0.05) is 18.2 Å². The summed E-state index contributed by atoms with van der Waals surface area (Å²) in [6.45, 7) is 0.667. The summed E-state index contributed by atoms with van der Waals surface area (Å²) in [5, 5.41) is 12.1. The molecule has 1 aromatic heterocycles. The molecular formula is C19H17N3O3S. The van der Waals surface area contributed by atoms with Gasteiger partial charge in [-0.2, -0.15) is 0 Å². The van der Waals surface area contributed by atoms with Gasteiger partial charge >= 0.3 is 0 Å². The summed E-state index contributed by atoms with van der Waals surface area (Å²) in [6.07, 6.45) is 1.84. The topological polar surface area (TPSA) is 76.3 Å². The number of hydrogen-bond acceptors (Lipinski definition) is 5. The number of aromatic nitrogens is 1. The van der Waals surface area contributed by atoms with Crippen molar-refractivity contribution in [3.05, 3.63) is 69.2 Å². The summed E-state index contributed by atoms with van der Waals surface area (Å²) in [4.78, 5) is 30.1. The minimum atomic E-state index is -0.433. The fourth-order valence-corrected chi connectivity index (χ4v) is 4.57. The lowest BCUT2D eigenvalue weighted by Crippen LogP contribution is -2.31. The standard InChI is InChI=1S/C19H17N3O3S/c23-18(12-13-6-1-3-8-15(13)22(24)25)21-11-5-9-16(21)19-20-14-7-2-4-10-17(14)26-19/h1-4,6-8,10,16H,5,9,11-12H2. The highest BCUT2D eigenvalue weighted by Crippen LogP contribution is 2.37. The van der Waals surface area contributed by atoms with E-state index < -0.39 is 4.92 Å². The molecule has 1 amide bonds. The van der Waals surface area contributed by atoms with Crippen molar-refractivity contribution in [3.63, 3.8) is 0 Å². The lowest BCUT2D eigenvalue weighted by Gasteiger charge is -2.23. The zero-order chi connectivity index (χ0) is 18.1. The molecule has 1 unspecified atom stereocenters. The Bertz CT molecular complexity index is 952. The van der Waals surface area contributed by atoms with E-state index in [1.54, 1.807) is 29.5 Å². The number of carbonyl (C=O) groups is 1. The molecule has 0 bridgehead atoms. The molecule has 0 aliphatic carbocycles. The second-order valence-electron chi connectivity index (χ2n) is 6.33. The third-order valence-electron chi connectivity index (χ3n) is 4.70. The van der Waals surface area contributed by atoms with Crippen LogP contribution in [0.5, 0.6) is 0 Å². The predicted molar refractivity (Wildman–Crippen MR) is 100 cm³/mol. The SMILES string of the molecule is O=C(Cc1ccccc1[N+](=O)[O-])N1CCCC1c1nc2ccccc2s1. The number of benzene rings is 2. The first kappa shape index (κ1) is 16.7. The van der Waals surface area contributed by atoms with E-state index in [1.165, 1.54) is 6.07 Å². The largest absolute Gasteiger partial charge is 0.333 e. The van der Waals surface area contributed by atoms with E-state index in [4.69, 9.17) is 4.98 Å². The third-order valence-corrected chi connectivity index (χ3v) is 5.84. The summed E-state index contributed by atoms with van der Waals surface area (Å²) in [7, 11) is 0. The van der Waals surface area contributed by atoms with Gasteiger partial charge in [0.25, 0.3) is 5.69 Å². The molecule has 0 radical (unpaired) electrons. The maximum atomic E-state index is 12.9. The molecule has 132 valence electrons. The Labute approximate surface area is 154 Å². The molecule has 1 aliphatic heterocycles. The van der Waals surface area contributed by atoms with E-state index in [9.17, 15) is 14.9 Å². The van der Waals surface area contributed by atoms with Crippen molar-refractivity contribution >= 4 is 33.1 Å². The predicted octanol–water partition coefficient (Wildman–Crippen LogP) is 4.11. The maximum Gasteiger partial charge on any atom is 0.273 e. The number of carbonyl (C=O) groups excluding carboxylic acids is 1. The zero-order valence-corrected chi connectivity index (χ0v) is 14.8. The van der Waals surface area contributed by atoms with Crippen molar-refractivity contribution < 1.29 is 9.72 Å². The molecule has 2 aromatic carbocycles. The van der Waals surface area contributed by atoms with Gasteiger partial charge in [0.15, 0.2) is 0 Å². The van der Waals surface area contributed by atoms with Crippen LogP contribution in [0.15, 0.2) is 48.5 Å². The van der Waals surface area contributed by atoms with Crippen LogP contribution in [-0.4, -0.2) is 27.3 Å². The van der Waals surface area contributed by atoms with Crippen LogP contribution >= 0.6 is 11.3 Å². The molecule has 1 atom stereocenters. The van der Waals surface area contributed by atoms with Crippen molar-refractivity contribution in [2.75, 3.05) is 6.54 Å². The normalized spacial score (nSPS) is 16.9. The summed E-state index contributed by atoms with van der Waals surface area (Å²) in [5.74, 6) is -0.0824. The molecule has 3 aromatic rings. The van der Waals surface area contributed by atoms with Crippen LogP contribution in [0.25, 0.3) is 10.2 Å². The van der Waals surface area contributed by atoms with E-state index in [0.717, 1.165) is 28.1 Å². The number of nitrogens with zero attached hydrogens (tertiary/aromatic N) is 3. The molecule has 4 rings (SSSR count). The number of thiazole rings is 1. The van der Waals surface area contributed by atoms with Crippen LogP contribution in [0.1, 0.15) is 29.5 Å². The molecule has 1 fully saturated rings. The van der Waals surface area contributed by atoms with Gasteiger partial charge in [0.1, 0.15) is 5.01 Å². The van der Waals surface area contributed by atoms with Crippen molar-refractivity contribution in [3.8, 4) is 0 Å². The molecule has 0 saturated carbocycles. The first-order valence-electron chi connectivity index (χ1n) is 8.51. The number of nitro benzene ring substituents is 1. The molecule has 0 N–H and O–H groups in total. The first-order chi connectivity index (χ1) is 12.6. The first-order valence-corrected chi connectivity index (χ1v) is 9.32. The van der Waals surface area contributed by atoms with Crippen LogP contribution in [0.4, 0.5) is 5.69 Å². The van der Waals surface area contributed by atoms with Crippen molar-refractivity contribution in [2.45, 2.75) is 25.3 Å². The van der Waals surface area contributed by atoms with Crippen LogP contribution < -0.4 is 0 Å². The molecule has 2 heterocycles. The number of para-hydroxylation sites is 2. The second-order valence-corrected chi connectivity index (χ2v) is 7.39. The maximum absolute atomic E-state index is 12.9. The minimum Gasteiger partial charge on any atom is -0.333 e.